The largest absolute Gasteiger partial charge is 0.449 e. The number of carbonyl (C=O) groups is 3. The lowest BCUT2D eigenvalue weighted by Gasteiger charge is -2.15. The third-order valence-electron chi connectivity index (χ3n) is 4.96. The number of aromatic nitrogens is 2. The predicted octanol–water partition coefficient (Wildman–Crippen LogP) is 2.90. The van der Waals surface area contributed by atoms with Crippen LogP contribution in [-0.4, -0.2) is 40.5 Å². The lowest BCUT2D eigenvalue weighted by Crippen LogP contribution is -2.26. The van der Waals surface area contributed by atoms with E-state index in [0.717, 1.165) is 16.8 Å². The standard InChI is InChI=1S/C21H19N3O4/c1-12(28-21(27)19-16-5-3-4-6-17(16)22-23-19)20(26)15-7-8-18-14(11-15)9-10-24(18)13(2)25/h3-8,11-12H,9-10H2,1-2H3,(H,22,23). The van der Waals surface area contributed by atoms with E-state index in [1.165, 1.54) is 6.92 Å². The summed E-state index contributed by atoms with van der Waals surface area (Å²) in [4.78, 5) is 38.6. The van der Waals surface area contributed by atoms with E-state index in [9.17, 15) is 14.4 Å². The second-order valence-corrected chi connectivity index (χ2v) is 6.79. The molecule has 0 aliphatic carbocycles. The van der Waals surface area contributed by atoms with Crippen molar-refractivity contribution in [1.82, 2.24) is 10.2 Å². The number of benzene rings is 2. The molecule has 3 aromatic rings. The van der Waals surface area contributed by atoms with E-state index in [2.05, 4.69) is 10.2 Å². The van der Waals surface area contributed by atoms with E-state index in [1.54, 1.807) is 42.2 Å². The number of H-pyrrole nitrogens is 1. The summed E-state index contributed by atoms with van der Waals surface area (Å²) in [6.07, 6.45) is -0.255. The molecule has 7 nitrogen and oxygen atoms in total. The minimum atomic E-state index is -0.952. The molecule has 1 aromatic heterocycles. The van der Waals surface area contributed by atoms with Crippen LogP contribution in [0.15, 0.2) is 42.5 Å². The summed E-state index contributed by atoms with van der Waals surface area (Å²) in [5.41, 5.74) is 3.11. The molecular formula is C21H19N3O4. The van der Waals surface area contributed by atoms with Gasteiger partial charge in [0.05, 0.1) is 5.52 Å². The maximum Gasteiger partial charge on any atom is 0.360 e. The van der Waals surface area contributed by atoms with Crippen molar-refractivity contribution in [2.24, 2.45) is 0 Å². The summed E-state index contributed by atoms with van der Waals surface area (Å²) in [5, 5.41) is 7.43. The Morgan fingerprint density at radius 2 is 1.96 bits per heavy atom. The molecule has 0 saturated carbocycles. The van der Waals surface area contributed by atoms with Gasteiger partial charge in [-0.3, -0.25) is 14.7 Å². The summed E-state index contributed by atoms with van der Waals surface area (Å²) in [6.45, 7) is 3.68. The van der Waals surface area contributed by atoms with Crippen molar-refractivity contribution in [2.75, 3.05) is 11.4 Å². The predicted molar refractivity (Wildman–Crippen MR) is 103 cm³/mol. The van der Waals surface area contributed by atoms with Crippen molar-refractivity contribution in [3.63, 3.8) is 0 Å². The van der Waals surface area contributed by atoms with Crippen LogP contribution in [0.1, 0.15) is 40.3 Å². The lowest BCUT2D eigenvalue weighted by atomic mass is 10.0. The number of nitrogens with one attached hydrogen (secondary N) is 1. The fourth-order valence-corrected chi connectivity index (χ4v) is 3.51. The molecule has 1 amide bonds. The zero-order valence-electron chi connectivity index (χ0n) is 15.6. The molecule has 1 unspecified atom stereocenters. The van der Waals surface area contributed by atoms with Crippen LogP contribution < -0.4 is 4.90 Å². The van der Waals surface area contributed by atoms with Crippen molar-refractivity contribution < 1.29 is 19.1 Å². The smallest absolute Gasteiger partial charge is 0.360 e. The highest BCUT2D eigenvalue weighted by atomic mass is 16.5. The quantitative estimate of drug-likeness (QED) is 0.557. The molecule has 2 heterocycles. The topological polar surface area (TPSA) is 92.4 Å². The first-order valence-electron chi connectivity index (χ1n) is 9.05. The number of esters is 1. The average molecular weight is 377 g/mol. The SMILES string of the molecule is CC(=O)N1CCc2cc(C(=O)C(C)OC(=O)c3n[nH]c4ccccc34)ccc21. The van der Waals surface area contributed by atoms with Gasteiger partial charge in [0.2, 0.25) is 11.7 Å². The van der Waals surface area contributed by atoms with E-state index in [0.29, 0.717) is 23.9 Å². The van der Waals surface area contributed by atoms with Gasteiger partial charge in [-0.15, -0.1) is 0 Å². The van der Waals surface area contributed by atoms with Crippen molar-refractivity contribution in [3.05, 3.63) is 59.3 Å². The van der Waals surface area contributed by atoms with Gasteiger partial charge < -0.3 is 9.64 Å². The number of fused-ring (bicyclic) bond motifs is 2. The van der Waals surface area contributed by atoms with Gasteiger partial charge in [-0.25, -0.2) is 4.79 Å². The van der Waals surface area contributed by atoms with Crippen LogP contribution in [0.25, 0.3) is 10.9 Å². The van der Waals surface area contributed by atoms with E-state index in [-0.39, 0.29) is 17.4 Å². The highest BCUT2D eigenvalue weighted by Crippen LogP contribution is 2.29. The molecule has 7 heteroatoms. The normalized spacial score (nSPS) is 14.0. The lowest BCUT2D eigenvalue weighted by molar-refractivity contribution is -0.116. The first kappa shape index (κ1) is 17.9. The van der Waals surface area contributed by atoms with Gasteiger partial charge in [-0.05, 0) is 43.2 Å². The van der Waals surface area contributed by atoms with Crippen LogP contribution >= 0.6 is 0 Å². The van der Waals surface area contributed by atoms with Gasteiger partial charge in [0, 0.05) is 30.1 Å². The average Bonchev–Trinajstić information content (AvgIpc) is 3.30. The van der Waals surface area contributed by atoms with Crippen molar-refractivity contribution in [2.45, 2.75) is 26.4 Å². The number of ether oxygens (including phenoxy) is 1. The van der Waals surface area contributed by atoms with Crippen LogP contribution in [0.2, 0.25) is 0 Å². The minimum absolute atomic E-state index is 0.0219. The molecule has 1 N–H and O–H groups in total. The zero-order chi connectivity index (χ0) is 19.8. The number of hydrogen-bond donors (Lipinski definition) is 1. The highest BCUT2D eigenvalue weighted by molar-refractivity contribution is 6.05. The molecule has 0 radical (unpaired) electrons. The molecule has 0 bridgehead atoms. The molecular weight excluding hydrogens is 358 g/mol. The molecule has 0 spiro atoms. The summed E-state index contributed by atoms with van der Waals surface area (Å²) >= 11 is 0. The van der Waals surface area contributed by atoms with Crippen LogP contribution in [0.5, 0.6) is 0 Å². The molecule has 1 aliphatic rings. The van der Waals surface area contributed by atoms with Crippen molar-refractivity contribution in [3.8, 4) is 0 Å². The second kappa shape index (κ2) is 6.92. The van der Waals surface area contributed by atoms with Crippen LogP contribution in [0.4, 0.5) is 5.69 Å². The summed E-state index contributed by atoms with van der Waals surface area (Å²) in [6, 6.07) is 12.4. The van der Waals surface area contributed by atoms with Crippen LogP contribution in [0, 0.1) is 0 Å². The maximum atomic E-state index is 12.7. The Labute approximate surface area is 161 Å². The Hall–Kier alpha value is -3.48. The number of nitrogens with zero attached hydrogens (tertiary/aromatic N) is 2. The molecule has 1 aliphatic heterocycles. The number of rotatable bonds is 4. The van der Waals surface area contributed by atoms with Crippen LogP contribution in [0.3, 0.4) is 0 Å². The van der Waals surface area contributed by atoms with Crippen molar-refractivity contribution in [1.29, 1.82) is 0 Å². The summed E-state index contributed by atoms with van der Waals surface area (Å²) in [5.74, 6) is -0.967. The summed E-state index contributed by atoms with van der Waals surface area (Å²) < 4.78 is 5.36. The van der Waals surface area contributed by atoms with E-state index in [4.69, 9.17) is 4.74 Å². The van der Waals surface area contributed by atoms with Crippen LogP contribution in [-0.2, 0) is 16.0 Å². The fraction of sp³-hybridized carbons (Fsp3) is 0.238. The molecule has 2 aromatic carbocycles. The number of Topliss-reactive ketones (excluding diaryl/α,β-unsaturated/α-hetero) is 1. The van der Waals surface area contributed by atoms with Gasteiger partial charge in [0.25, 0.3) is 0 Å². The second-order valence-electron chi connectivity index (χ2n) is 6.79. The molecule has 142 valence electrons. The number of aromatic amines is 1. The minimum Gasteiger partial charge on any atom is -0.449 e. The molecule has 0 fully saturated rings. The number of amides is 1. The molecule has 28 heavy (non-hydrogen) atoms. The fourth-order valence-electron chi connectivity index (χ4n) is 3.51. The maximum absolute atomic E-state index is 12.7. The molecule has 1 atom stereocenters. The van der Waals surface area contributed by atoms with E-state index < -0.39 is 12.1 Å². The first-order chi connectivity index (χ1) is 13.5. The number of anilines is 1. The number of hydrogen-bond acceptors (Lipinski definition) is 5. The Morgan fingerprint density at radius 1 is 1.18 bits per heavy atom. The number of ketones is 1. The Kier molecular flexibility index (Phi) is 4.43. The Balaban J connectivity index is 1.51. The van der Waals surface area contributed by atoms with Gasteiger partial charge in [-0.2, -0.15) is 5.10 Å². The molecule has 0 saturated heterocycles. The zero-order valence-corrected chi connectivity index (χ0v) is 15.6. The monoisotopic (exact) mass is 377 g/mol. The van der Waals surface area contributed by atoms with Gasteiger partial charge in [-0.1, -0.05) is 18.2 Å². The van der Waals surface area contributed by atoms with Gasteiger partial charge in [0.15, 0.2) is 11.8 Å². The third kappa shape index (κ3) is 3.05. The van der Waals surface area contributed by atoms with Gasteiger partial charge >= 0.3 is 5.97 Å². The number of carbonyl (C=O) groups excluding carboxylic acids is 3. The highest BCUT2D eigenvalue weighted by Gasteiger charge is 2.26. The third-order valence-corrected chi connectivity index (χ3v) is 4.96. The summed E-state index contributed by atoms with van der Waals surface area (Å²) in [7, 11) is 0. The molecule has 4 rings (SSSR count). The Morgan fingerprint density at radius 3 is 2.75 bits per heavy atom. The first-order valence-corrected chi connectivity index (χ1v) is 9.05. The van der Waals surface area contributed by atoms with Gasteiger partial charge in [0.1, 0.15) is 0 Å². The Bertz CT molecular complexity index is 1100. The van der Waals surface area contributed by atoms with E-state index in [1.807, 2.05) is 12.1 Å². The number of para-hydroxylation sites is 1. The van der Waals surface area contributed by atoms with Crippen molar-refractivity contribution >= 4 is 34.3 Å². The van der Waals surface area contributed by atoms with E-state index >= 15 is 0 Å².